The maximum Gasteiger partial charge on any atom is 0.0574 e. The predicted octanol–water partition coefficient (Wildman–Crippen LogP) is 3.47. The van der Waals surface area contributed by atoms with Gasteiger partial charge in [0, 0.05) is 0 Å². The molecule has 16 heavy (non-hydrogen) atoms. The average Bonchev–Trinajstić information content (AvgIpc) is 2.59. The fourth-order valence-electron chi connectivity index (χ4n) is 5.86. The van der Waals surface area contributed by atoms with Crippen molar-refractivity contribution in [2.45, 2.75) is 59.5 Å². The van der Waals surface area contributed by atoms with E-state index < -0.39 is 0 Å². The summed E-state index contributed by atoms with van der Waals surface area (Å²) in [5.41, 5.74) is 0.960. The Balaban J connectivity index is 2.06. The summed E-state index contributed by atoms with van der Waals surface area (Å²) >= 11 is 0. The average molecular weight is 222 g/mol. The number of fused-ring (bicyclic) bond motifs is 1. The number of hydrogen-bond acceptors (Lipinski definition) is 1. The molecule has 1 N–H and O–H groups in total. The summed E-state index contributed by atoms with van der Waals surface area (Å²) < 4.78 is 0. The molecule has 0 aromatic rings. The van der Waals surface area contributed by atoms with Crippen molar-refractivity contribution in [1.82, 2.24) is 0 Å². The minimum atomic E-state index is -0.0384. The van der Waals surface area contributed by atoms with Crippen LogP contribution < -0.4 is 0 Å². The topological polar surface area (TPSA) is 20.2 Å². The molecule has 4 unspecified atom stereocenters. The molecule has 92 valence electrons. The quantitative estimate of drug-likeness (QED) is 0.665. The summed E-state index contributed by atoms with van der Waals surface area (Å²) in [7, 11) is 0. The molecule has 1 heteroatoms. The highest BCUT2D eigenvalue weighted by Crippen LogP contribution is 2.72. The van der Waals surface area contributed by atoms with Gasteiger partial charge in [-0.3, -0.25) is 0 Å². The van der Waals surface area contributed by atoms with Crippen molar-refractivity contribution < 1.29 is 5.11 Å². The van der Waals surface area contributed by atoms with Crippen molar-refractivity contribution in [2.24, 2.45) is 34.5 Å². The number of hydrogen-bond donors (Lipinski definition) is 1. The molecule has 0 aliphatic heterocycles. The lowest BCUT2D eigenvalue weighted by Crippen LogP contribution is -2.39. The third-order valence-corrected chi connectivity index (χ3v) is 6.85. The number of aliphatic hydroxyl groups excluding tert-OH is 1. The maximum absolute atomic E-state index is 10.4. The van der Waals surface area contributed by atoms with Gasteiger partial charge in [0.25, 0.3) is 0 Å². The molecule has 0 aromatic carbocycles. The first-order valence-electron chi connectivity index (χ1n) is 7.07. The molecule has 0 radical (unpaired) electrons. The van der Waals surface area contributed by atoms with Crippen molar-refractivity contribution in [1.29, 1.82) is 0 Å². The number of aliphatic hydroxyl groups is 1. The Labute approximate surface area is 99.6 Å². The fraction of sp³-hybridized carbons (Fsp3) is 1.00. The van der Waals surface area contributed by atoms with E-state index >= 15 is 0 Å². The number of rotatable bonds is 0. The van der Waals surface area contributed by atoms with Crippen LogP contribution >= 0.6 is 0 Å². The van der Waals surface area contributed by atoms with E-state index in [9.17, 15) is 5.11 Å². The van der Waals surface area contributed by atoms with Crippen molar-refractivity contribution in [2.75, 3.05) is 0 Å². The van der Waals surface area contributed by atoms with E-state index in [1.807, 2.05) is 0 Å². The van der Waals surface area contributed by atoms with E-state index in [0.717, 1.165) is 24.2 Å². The van der Waals surface area contributed by atoms with Crippen molar-refractivity contribution >= 4 is 0 Å². The van der Waals surface area contributed by atoms with Crippen molar-refractivity contribution in [3.05, 3.63) is 0 Å². The van der Waals surface area contributed by atoms with Crippen LogP contribution in [0.3, 0.4) is 0 Å². The van der Waals surface area contributed by atoms with Crippen LogP contribution in [-0.4, -0.2) is 11.2 Å². The van der Waals surface area contributed by atoms with Crippen LogP contribution in [0.2, 0.25) is 0 Å². The van der Waals surface area contributed by atoms with E-state index in [-0.39, 0.29) is 6.10 Å². The first-order valence-corrected chi connectivity index (χ1v) is 7.07. The van der Waals surface area contributed by atoms with E-state index in [1.54, 1.807) is 0 Å². The minimum Gasteiger partial charge on any atom is -0.393 e. The second kappa shape index (κ2) is 3.04. The van der Waals surface area contributed by atoms with Crippen molar-refractivity contribution in [3.8, 4) is 0 Å². The molecule has 0 saturated heterocycles. The predicted molar refractivity (Wildman–Crippen MR) is 66.0 cm³/mol. The van der Waals surface area contributed by atoms with Gasteiger partial charge in [0.2, 0.25) is 0 Å². The SMILES string of the molecule is CC1C(O)C[C@@]23C[C@@H]1C(C)(C)C2CCC3C. The summed E-state index contributed by atoms with van der Waals surface area (Å²) in [6, 6.07) is 0. The maximum atomic E-state index is 10.4. The van der Waals surface area contributed by atoms with Crippen LogP contribution in [0.25, 0.3) is 0 Å². The molecule has 0 aromatic heterocycles. The fourth-order valence-corrected chi connectivity index (χ4v) is 5.86. The molecule has 3 aliphatic carbocycles. The largest absolute Gasteiger partial charge is 0.393 e. The standard InChI is InChI=1S/C15H26O/c1-9-5-6-13-14(3,4)11-7-15(9,13)8-12(16)10(11)2/h9-13,16H,5-8H2,1-4H3/t9?,10?,11-,12?,13?,15+/m0/s1. The molecular formula is C15H26O. The van der Waals surface area contributed by atoms with Gasteiger partial charge in [0.15, 0.2) is 0 Å². The smallest absolute Gasteiger partial charge is 0.0574 e. The zero-order chi connectivity index (χ0) is 11.7. The summed E-state index contributed by atoms with van der Waals surface area (Å²) in [5, 5.41) is 10.4. The van der Waals surface area contributed by atoms with Crippen LogP contribution in [0.1, 0.15) is 53.4 Å². The van der Waals surface area contributed by atoms with Crippen LogP contribution in [0.15, 0.2) is 0 Å². The Morgan fingerprint density at radius 1 is 1.06 bits per heavy atom. The second-order valence-corrected chi connectivity index (χ2v) is 7.53. The monoisotopic (exact) mass is 222 g/mol. The van der Waals surface area contributed by atoms with Gasteiger partial charge in [0.05, 0.1) is 6.10 Å². The molecule has 3 rings (SSSR count). The van der Waals surface area contributed by atoms with E-state index in [2.05, 4.69) is 27.7 Å². The molecular weight excluding hydrogens is 196 g/mol. The summed E-state index contributed by atoms with van der Waals surface area (Å²) in [4.78, 5) is 0. The highest BCUT2D eigenvalue weighted by atomic mass is 16.3. The van der Waals surface area contributed by atoms with Gasteiger partial charge in [-0.25, -0.2) is 0 Å². The summed E-state index contributed by atoms with van der Waals surface area (Å²) in [6.07, 6.45) is 5.24. The molecule has 1 nitrogen and oxygen atoms in total. The van der Waals surface area contributed by atoms with Gasteiger partial charge < -0.3 is 5.11 Å². The molecule has 0 heterocycles. The van der Waals surface area contributed by atoms with E-state index in [4.69, 9.17) is 0 Å². The normalized spacial score (nSPS) is 58.7. The Bertz CT molecular complexity index is 309. The lowest BCUT2D eigenvalue weighted by molar-refractivity contribution is -0.0194. The van der Waals surface area contributed by atoms with Crippen LogP contribution in [0, 0.1) is 34.5 Å². The van der Waals surface area contributed by atoms with Crippen LogP contribution in [0.5, 0.6) is 0 Å². The molecule has 0 amide bonds. The third-order valence-electron chi connectivity index (χ3n) is 6.85. The van der Waals surface area contributed by atoms with E-state index in [1.165, 1.54) is 19.3 Å². The molecule has 3 fully saturated rings. The zero-order valence-electron chi connectivity index (χ0n) is 11.2. The zero-order valence-corrected chi connectivity index (χ0v) is 11.2. The minimum absolute atomic E-state index is 0.0384. The Hall–Kier alpha value is -0.0400. The van der Waals surface area contributed by atoms with Gasteiger partial charge in [-0.05, 0) is 60.2 Å². The lowest BCUT2D eigenvalue weighted by atomic mass is 9.64. The Morgan fingerprint density at radius 2 is 1.75 bits per heavy atom. The third kappa shape index (κ3) is 1.06. The van der Waals surface area contributed by atoms with Crippen molar-refractivity contribution in [3.63, 3.8) is 0 Å². The first kappa shape index (κ1) is 11.1. The van der Waals surface area contributed by atoms with Crippen LogP contribution in [0.4, 0.5) is 0 Å². The molecule has 3 aliphatic rings. The highest BCUT2D eigenvalue weighted by molar-refractivity contribution is 5.15. The molecule has 6 atom stereocenters. The second-order valence-electron chi connectivity index (χ2n) is 7.53. The van der Waals surface area contributed by atoms with Gasteiger partial charge in [-0.1, -0.05) is 27.7 Å². The molecule has 2 bridgehead atoms. The summed E-state index contributed by atoms with van der Waals surface area (Å²) in [6.45, 7) is 9.64. The molecule has 3 saturated carbocycles. The van der Waals surface area contributed by atoms with Gasteiger partial charge in [0.1, 0.15) is 0 Å². The lowest BCUT2D eigenvalue weighted by Gasteiger charge is -2.42. The highest BCUT2D eigenvalue weighted by Gasteiger charge is 2.66. The Morgan fingerprint density at radius 3 is 2.44 bits per heavy atom. The van der Waals surface area contributed by atoms with Gasteiger partial charge in [-0.2, -0.15) is 0 Å². The molecule has 1 spiro atoms. The first-order chi connectivity index (χ1) is 7.39. The van der Waals surface area contributed by atoms with Gasteiger partial charge in [-0.15, -0.1) is 0 Å². The van der Waals surface area contributed by atoms with E-state index in [0.29, 0.717) is 16.7 Å². The Kier molecular flexibility index (Phi) is 2.11. The van der Waals surface area contributed by atoms with Gasteiger partial charge >= 0.3 is 0 Å². The van der Waals surface area contributed by atoms with Crippen LogP contribution in [-0.2, 0) is 0 Å². The summed E-state index contributed by atoms with van der Waals surface area (Å²) in [5.74, 6) is 2.98.